The van der Waals surface area contributed by atoms with Crippen LogP contribution in [-0.4, -0.2) is 23.5 Å². The number of ether oxygens (including phenoxy) is 1. The molecule has 5 nitrogen and oxygen atoms in total. The Hall–Kier alpha value is -2.41. The van der Waals surface area contributed by atoms with E-state index in [-0.39, 0.29) is 10.7 Å². The minimum absolute atomic E-state index is 0.0304. The lowest BCUT2D eigenvalue weighted by Gasteiger charge is -2.28. The SMILES string of the molecule is CCCCCCCCOc1c(Cl)cc(/C=C2/C(=O)NC(=S)N(c3ccccc3)C2=O)cc1Cl. The zero-order chi connectivity index (χ0) is 23.8. The second-order valence-corrected chi connectivity index (χ2v) is 8.92. The van der Waals surface area contributed by atoms with Crippen molar-refractivity contribution in [3.05, 3.63) is 63.6 Å². The predicted octanol–water partition coefficient (Wildman–Crippen LogP) is 6.56. The molecule has 1 heterocycles. The van der Waals surface area contributed by atoms with Crippen LogP contribution >= 0.6 is 35.4 Å². The van der Waals surface area contributed by atoms with Crippen molar-refractivity contribution in [1.82, 2.24) is 5.32 Å². The monoisotopic (exact) mass is 504 g/mol. The minimum Gasteiger partial charge on any atom is -0.490 e. The number of rotatable bonds is 10. The van der Waals surface area contributed by atoms with Crippen molar-refractivity contribution in [1.29, 1.82) is 0 Å². The summed E-state index contributed by atoms with van der Waals surface area (Å²) in [5.41, 5.74) is 1.00. The molecule has 1 aliphatic heterocycles. The van der Waals surface area contributed by atoms with Crippen LogP contribution in [0.1, 0.15) is 51.0 Å². The number of hydrogen-bond donors (Lipinski definition) is 1. The molecule has 3 rings (SSSR count). The molecule has 0 atom stereocenters. The molecule has 174 valence electrons. The molecule has 2 amide bonds. The average Bonchev–Trinajstić information content (AvgIpc) is 2.78. The Labute approximate surface area is 209 Å². The topological polar surface area (TPSA) is 58.6 Å². The first kappa shape index (κ1) is 25.2. The lowest BCUT2D eigenvalue weighted by atomic mass is 10.1. The number of amides is 2. The van der Waals surface area contributed by atoms with Crippen LogP contribution in [0.5, 0.6) is 5.75 Å². The summed E-state index contributed by atoms with van der Waals surface area (Å²) in [6.07, 6.45) is 8.36. The summed E-state index contributed by atoms with van der Waals surface area (Å²) >= 11 is 18.0. The van der Waals surface area contributed by atoms with Gasteiger partial charge in [0.25, 0.3) is 11.8 Å². The number of para-hydroxylation sites is 1. The molecule has 2 aromatic carbocycles. The van der Waals surface area contributed by atoms with Gasteiger partial charge in [-0.15, -0.1) is 0 Å². The van der Waals surface area contributed by atoms with Crippen molar-refractivity contribution in [2.45, 2.75) is 45.4 Å². The summed E-state index contributed by atoms with van der Waals surface area (Å²) in [7, 11) is 0. The molecule has 1 fully saturated rings. The first-order valence-electron chi connectivity index (χ1n) is 11.0. The van der Waals surface area contributed by atoms with Crippen LogP contribution in [-0.2, 0) is 9.59 Å². The molecule has 0 aliphatic carbocycles. The molecule has 1 N–H and O–H groups in total. The lowest BCUT2D eigenvalue weighted by molar-refractivity contribution is -0.122. The Balaban J connectivity index is 1.73. The number of carbonyl (C=O) groups excluding carboxylic acids is 2. The quantitative estimate of drug-likeness (QED) is 0.172. The summed E-state index contributed by atoms with van der Waals surface area (Å²) in [4.78, 5) is 26.9. The van der Waals surface area contributed by atoms with Crippen molar-refractivity contribution in [3.63, 3.8) is 0 Å². The van der Waals surface area contributed by atoms with Crippen LogP contribution in [0, 0.1) is 0 Å². The maximum Gasteiger partial charge on any atom is 0.270 e. The standard InChI is InChI=1S/C25H26Cl2N2O3S/c1-2-3-4-5-6-10-13-32-22-20(26)15-17(16-21(22)27)14-19-23(30)28-25(33)29(24(19)31)18-11-8-7-9-12-18/h7-9,11-12,14-16H,2-6,10,13H2,1H3,(H,28,30,33)/b19-14-. The third-order valence-electron chi connectivity index (χ3n) is 5.19. The fourth-order valence-corrected chi connectivity index (χ4v) is 4.39. The molecule has 2 aromatic rings. The van der Waals surface area contributed by atoms with Crippen molar-refractivity contribution < 1.29 is 14.3 Å². The fraction of sp³-hybridized carbons (Fsp3) is 0.320. The highest BCUT2D eigenvalue weighted by atomic mass is 35.5. The van der Waals surface area contributed by atoms with Gasteiger partial charge in [-0.1, -0.05) is 80.4 Å². The van der Waals surface area contributed by atoms with Gasteiger partial charge in [-0.3, -0.25) is 19.8 Å². The summed E-state index contributed by atoms with van der Waals surface area (Å²) in [5, 5.41) is 3.23. The zero-order valence-electron chi connectivity index (χ0n) is 18.4. The highest BCUT2D eigenvalue weighted by Gasteiger charge is 2.34. The van der Waals surface area contributed by atoms with Crippen LogP contribution in [0.4, 0.5) is 5.69 Å². The van der Waals surface area contributed by atoms with Gasteiger partial charge in [0, 0.05) is 0 Å². The molecular weight excluding hydrogens is 479 g/mol. The van der Waals surface area contributed by atoms with Gasteiger partial charge < -0.3 is 4.74 Å². The third-order valence-corrected chi connectivity index (χ3v) is 6.04. The van der Waals surface area contributed by atoms with E-state index >= 15 is 0 Å². The predicted molar refractivity (Wildman–Crippen MR) is 138 cm³/mol. The van der Waals surface area contributed by atoms with Gasteiger partial charge in [0.1, 0.15) is 5.57 Å². The molecule has 0 spiro atoms. The van der Waals surface area contributed by atoms with Gasteiger partial charge in [0.2, 0.25) is 0 Å². The number of anilines is 1. The van der Waals surface area contributed by atoms with Crippen LogP contribution in [0.15, 0.2) is 48.0 Å². The van der Waals surface area contributed by atoms with Crippen LogP contribution < -0.4 is 15.0 Å². The molecule has 1 aliphatic rings. The molecule has 0 saturated carbocycles. The van der Waals surface area contributed by atoms with Gasteiger partial charge in [-0.05, 0) is 54.5 Å². The molecule has 0 unspecified atom stereocenters. The third kappa shape index (κ3) is 6.56. The second kappa shape index (κ2) is 12.2. The van der Waals surface area contributed by atoms with Crippen LogP contribution in [0.3, 0.4) is 0 Å². The molecule has 33 heavy (non-hydrogen) atoms. The first-order chi connectivity index (χ1) is 15.9. The van der Waals surface area contributed by atoms with E-state index < -0.39 is 11.8 Å². The van der Waals surface area contributed by atoms with Gasteiger partial charge >= 0.3 is 0 Å². The van der Waals surface area contributed by atoms with Crippen molar-refractivity contribution >= 4 is 64.1 Å². The molecule has 0 aromatic heterocycles. The average molecular weight is 505 g/mol. The summed E-state index contributed by atoms with van der Waals surface area (Å²) in [5.74, 6) is -0.695. The number of benzene rings is 2. The molecule has 1 saturated heterocycles. The number of nitrogens with one attached hydrogen (secondary N) is 1. The van der Waals surface area contributed by atoms with Crippen molar-refractivity contribution in [2.24, 2.45) is 0 Å². The number of thiocarbonyl (C=S) groups is 1. The Morgan fingerprint density at radius 1 is 1.00 bits per heavy atom. The highest BCUT2D eigenvalue weighted by Crippen LogP contribution is 2.35. The van der Waals surface area contributed by atoms with Gasteiger partial charge in [0.15, 0.2) is 10.9 Å². The molecule has 0 bridgehead atoms. The van der Waals surface area contributed by atoms with E-state index in [0.29, 0.717) is 33.7 Å². The number of halogens is 2. The largest absolute Gasteiger partial charge is 0.490 e. The fourth-order valence-electron chi connectivity index (χ4n) is 3.49. The van der Waals surface area contributed by atoms with E-state index in [9.17, 15) is 9.59 Å². The molecule has 0 radical (unpaired) electrons. The first-order valence-corrected chi connectivity index (χ1v) is 12.2. The minimum atomic E-state index is -0.576. The number of carbonyl (C=O) groups is 2. The van der Waals surface area contributed by atoms with E-state index in [1.165, 1.54) is 36.7 Å². The van der Waals surface area contributed by atoms with Crippen molar-refractivity contribution in [3.8, 4) is 5.75 Å². The Morgan fingerprint density at radius 2 is 1.64 bits per heavy atom. The smallest absolute Gasteiger partial charge is 0.270 e. The van der Waals surface area contributed by atoms with Gasteiger partial charge in [-0.25, -0.2) is 0 Å². The highest BCUT2D eigenvalue weighted by molar-refractivity contribution is 7.80. The van der Waals surface area contributed by atoms with E-state index in [1.54, 1.807) is 36.4 Å². The van der Waals surface area contributed by atoms with Gasteiger partial charge in [-0.2, -0.15) is 0 Å². The van der Waals surface area contributed by atoms with E-state index in [1.807, 2.05) is 6.07 Å². The maximum atomic E-state index is 13.1. The normalized spacial score (nSPS) is 15.2. The summed E-state index contributed by atoms with van der Waals surface area (Å²) < 4.78 is 5.79. The van der Waals surface area contributed by atoms with E-state index in [2.05, 4.69) is 12.2 Å². The number of unbranched alkanes of at least 4 members (excludes halogenated alkanes) is 5. The van der Waals surface area contributed by atoms with Crippen molar-refractivity contribution in [2.75, 3.05) is 11.5 Å². The molecule has 8 heteroatoms. The summed E-state index contributed by atoms with van der Waals surface area (Å²) in [6, 6.07) is 12.1. The Bertz CT molecular complexity index is 1030. The van der Waals surface area contributed by atoms with Crippen LogP contribution in [0.2, 0.25) is 10.0 Å². The Morgan fingerprint density at radius 3 is 2.30 bits per heavy atom. The second-order valence-electron chi connectivity index (χ2n) is 7.72. The summed E-state index contributed by atoms with van der Waals surface area (Å²) in [6.45, 7) is 2.72. The zero-order valence-corrected chi connectivity index (χ0v) is 20.7. The Kier molecular flexibility index (Phi) is 9.30. The molecular formula is C25H26Cl2N2O3S. The lowest BCUT2D eigenvalue weighted by Crippen LogP contribution is -2.54. The maximum absolute atomic E-state index is 13.1. The number of hydrogen-bond acceptors (Lipinski definition) is 4. The van der Waals surface area contributed by atoms with E-state index in [0.717, 1.165) is 12.8 Å². The number of nitrogens with zero attached hydrogens (tertiary/aromatic N) is 1. The van der Waals surface area contributed by atoms with E-state index in [4.69, 9.17) is 40.2 Å². The van der Waals surface area contributed by atoms with Gasteiger partial charge in [0.05, 0.1) is 22.3 Å². The van der Waals surface area contributed by atoms with Crippen LogP contribution in [0.25, 0.3) is 6.08 Å².